The predicted octanol–water partition coefficient (Wildman–Crippen LogP) is 1.71. The largest absolute Gasteiger partial charge is 0.376 e. The van der Waals surface area contributed by atoms with E-state index in [9.17, 15) is 4.79 Å². The second-order valence-electron chi connectivity index (χ2n) is 8.14. The molecule has 1 atom stereocenters. The highest BCUT2D eigenvalue weighted by Crippen LogP contribution is 2.17. The molecule has 2 saturated heterocycles. The summed E-state index contributed by atoms with van der Waals surface area (Å²) in [6.45, 7) is 7.54. The highest BCUT2D eigenvalue weighted by molar-refractivity contribution is 5.75. The van der Waals surface area contributed by atoms with Crippen molar-refractivity contribution in [3.63, 3.8) is 0 Å². The molecule has 2 aliphatic rings. The second-order valence-corrected chi connectivity index (χ2v) is 8.14. The molecule has 152 valence electrons. The maximum Gasteiger partial charge on any atom is 0.222 e. The van der Waals surface area contributed by atoms with Gasteiger partial charge in [-0.25, -0.2) is 4.68 Å². The summed E-state index contributed by atoms with van der Waals surface area (Å²) >= 11 is 0. The Morgan fingerprint density at radius 2 is 2.07 bits per heavy atom. The molecule has 0 radical (unpaired) electrons. The summed E-state index contributed by atoms with van der Waals surface area (Å²) in [7, 11) is 1.88. The lowest BCUT2D eigenvalue weighted by Gasteiger charge is -2.29. The Bertz CT molecular complexity index is 579. The molecule has 8 heteroatoms. The van der Waals surface area contributed by atoms with Gasteiger partial charge in [0.2, 0.25) is 5.91 Å². The van der Waals surface area contributed by atoms with E-state index in [0.717, 1.165) is 57.2 Å². The summed E-state index contributed by atoms with van der Waals surface area (Å²) in [4.78, 5) is 16.6. The molecular weight excluding hydrogens is 344 g/mol. The molecule has 1 aromatic heterocycles. The van der Waals surface area contributed by atoms with Gasteiger partial charge in [-0.15, -0.1) is 5.10 Å². The van der Waals surface area contributed by atoms with Crippen molar-refractivity contribution in [2.24, 2.45) is 5.92 Å². The number of likely N-dealkylation sites (N-methyl/N-ethyl adjacent to an activating group) is 1. The van der Waals surface area contributed by atoms with Gasteiger partial charge in [-0.05, 0) is 68.0 Å². The van der Waals surface area contributed by atoms with Crippen molar-refractivity contribution in [1.82, 2.24) is 30.0 Å². The van der Waals surface area contributed by atoms with Gasteiger partial charge in [-0.2, -0.15) is 0 Å². The smallest absolute Gasteiger partial charge is 0.222 e. The van der Waals surface area contributed by atoms with E-state index in [-0.39, 0.29) is 12.0 Å². The van der Waals surface area contributed by atoms with E-state index >= 15 is 0 Å². The topological polar surface area (TPSA) is 76.4 Å². The average Bonchev–Trinajstić information content (AvgIpc) is 3.11. The highest BCUT2D eigenvalue weighted by Gasteiger charge is 2.20. The van der Waals surface area contributed by atoms with Crippen LogP contribution < -0.4 is 0 Å². The van der Waals surface area contributed by atoms with Gasteiger partial charge in [-0.3, -0.25) is 9.69 Å². The zero-order valence-corrected chi connectivity index (χ0v) is 16.8. The van der Waals surface area contributed by atoms with Crippen LogP contribution in [0.2, 0.25) is 0 Å². The van der Waals surface area contributed by atoms with Crippen molar-refractivity contribution in [2.45, 2.75) is 71.1 Å². The average molecular weight is 379 g/mol. The van der Waals surface area contributed by atoms with Crippen molar-refractivity contribution in [3.05, 3.63) is 5.82 Å². The SMILES string of the molecule is CC1CCN(Cc2nnnn2CCCC(=O)N(C)CC2CCCCO2)CC1. The molecule has 0 spiro atoms. The molecule has 0 aromatic carbocycles. The summed E-state index contributed by atoms with van der Waals surface area (Å²) in [6, 6.07) is 0. The third kappa shape index (κ3) is 6.24. The van der Waals surface area contributed by atoms with Gasteiger partial charge in [0.25, 0.3) is 0 Å². The zero-order valence-electron chi connectivity index (χ0n) is 16.8. The van der Waals surface area contributed by atoms with E-state index < -0.39 is 0 Å². The molecule has 1 unspecified atom stereocenters. The number of hydrogen-bond donors (Lipinski definition) is 0. The number of hydrogen-bond acceptors (Lipinski definition) is 6. The number of nitrogens with zero attached hydrogens (tertiary/aromatic N) is 6. The van der Waals surface area contributed by atoms with E-state index in [0.29, 0.717) is 19.5 Å². The van der Waals surface area contributed by atoms with Gasteiger partial charge < -0.3 is 9.64 Å². The number of piperidine rings is 1. The number of carbonyl (C=O) groups excluding carboxylic acids is 1. The first-order valence-electron chi connectivity index (χ1n) is 10.4. The highest BCUT2D eigenvalue weighted by atomic mass is 16.5. The van der Waals surface area contributed by atoms with Crippen LogP contribution in [0.4, 0.5) is 0 Å². The van der Waals surface area contributed by atoms with Crippen molar-refractivity contribution in [1.29, 1.82) is 0 Å². The van der Waals surface area contributed by atoms with Gasteiger partial charge >= 0.3 is 0 Å². The van der Waals surface area contributed by atoms with Gasteiger partial charge in [0.1, 0.15) is 0 Å². The molecule has 0 saturated carbocycles. The molecule has 3 heterocycles. The van der Waals surface area contributed by atoms with Gasteiger partial charge in [0.15, 0.2) is 5.82 Å². The van der Waals surface area contributed by atoms with Crippen LogP contribution in [0.5, 0.6) is 0 Å². The van der Waals surface area contributed by atoms with Crippen LogP contribution in [-0.4, -0.2) is 75.3 Å². The van der Waals surface area contributed by atoms with Gasteiger partial charge in [0.05, 0.1) is 12.6 Å². The van der Waals surface area contributed by atoms with Gasteiger partial charge in [0, 0.05) is 33.2 Å². The number of rotatable bonds is 8. The third-order valence-corrected chi connectivity index (χ3v) is 5.79. The maximum absolute atomic E-state index is 12.4. The Morgan fingerprint density at radius 1 is 1.26 bits per heavy atom. The zero-order chi connectivity index (χ0) is 19.1. The minimum Gasteiger partial charge on any atom is -0.376 e. The molecule has 1 aromatic rings. The fraction of sp³-hybridized carbons (Fsp3) is 0.895. The molecule has 2 aliphatic heterocycles. The first kappa shape index (κ1) is 20.2. The molecule has 0 aliphatic carbocycles. The quantitative estimate of drug-likeness (QED) is 0.685. The summed E-state index contributed by atoms with van der Waals surface area (Å²) in [5.41, 5.74) is 0. The van der Waals surface area contributed by atoms with Crippen LogP contribution in [-0.2, 0) is 22.6 Å². The fourth-order valence-electron chi connectivity index (χ4n) is 3.86. The first-order chi connectivity index (χ1) is 13.1. The maximum atomic E-state index is 12.4. The monoisotopic (exact) mass is 378 g/mol. The molecule has 2 fully saturated rings. The lowest BCUT2D eigenvalue weighted by Crippen LogP contribution is -2.37. The standard InChI is InChI=1S/C19H34N6O2/c1-16-8-11-24(12-9-16)15-18-20-21-22-25(18)10-5-7-19(26)23(2)14-17-6-3-4-13-27-17/h16-17H,3-15H2,1-2H3. The number of carbonyl (C=O) groups is 1. The third-order valence-electron chi connectivity index (χ3n) is 5.79. The Morgan fingerprint density at radius 3 is 2.81 bits per heavy atom. The summed E-state index contributed by atoms with van der Waals surface area (Å²) in [5, 5.41) is 12.1. The Labute approximate surface area is 162 Å². The van der Waals surface area contributed by atoms with Crippen LogP contribution in [0.25, 0.3) is 0 Å². The Hall–Kier alpha value is -1.54. The van der Waals surface area contributed by atoms with Crippen molar-refractivity contribution >= 4 is 5.91 Å². The van der Waals surface area contributed by atoms with Gasteiger partial charge in [-0.1, -0.05) is 6.92 Å². The molecule has 27 heavy (non-hydrogen) atoms. The lowest BCUT2D eigenvalue weighted by atomic mass is 9.99. The van der Waals surface area contributed by atoms with E-state index in [1.54, 1.807) is 0 Å². The van der Waals surface area contributed by atoms with Crippen LogP contribution in [0.15, 0.2) is 0 Å². The molecule has 0 N–H and O–H groups in total. The summed E-state index contributed by atoms with van der Waals surface area (Å²) in [5.74, 6) is 1.89. The molecule has 3 rings (SSSR count). The lowest BCUT2D eigenvalue weighted by molar-refractivity contribution is -0.132. The van der Waals surface area contributed by atoms with Crippen LogP contribution in [0, 0.1) is 5.92 Å². The fourth-order valence-corrected chi connectivity index (χ4v) is 3.86. The van der Waals surface area contributed by atoms with Crippen LogP contribution in [0.1, 0.15) is 57.7 Å². The first-order valence-corrected chi connectivity index (χ1v) is 10.4. The predicted molar refractivity (Wildman–Crippen MR) is 102 cm³/mol. The Kier molecular flexibility index (Phi) is 7.58. The van der Waals surface area contributed by atoms with Crippen LogP contribution in [0.3, 0.4) is 0 Å². The molecule has 0 bridgehead atoms. The van der Waals surface area contributed by atoms with E-state index in [4.69, 9.17) is 4.74 Å². The number of aryl methyl sites for hydroxylation is 1. The number of amides is 1. The minimum absolute atomic E-state index is 0.170. The van der Waals surface area contributed by atoms with E-state index in [1.165, 1.54) is 19.3 Å². The summed E-state index contributed by atoms with van der Waals surface area (Å²) < 4.78 is 7.58. The van der Waals surface area contributed by atoms with E-state index in [2.05, 4.69) is 27.3 Å². The normalized spacial score (nSPS) is 22.1. The summed E-state index contributed by atoms with van der Waals surface area (Å²) in [6.07, 6.45) is 7.35. The second kappa shape index (κ2) is 10.1. The van der Waals surface area contributed by atoms with Crippen LogP contribution >= 0.6 is 0 Å². The number of likely N-dealkylation sites (tertiary alicyclic amines) is 1. The Balaban J connectivity index is 1.38. The molecule has 1 amide bonds. The van der Waals surface area contributed by atoms with Crippen molar-refractivity contribution < 1.29 is 9.53 Å². The van der Waals surface area contributed by atoms with Crippen molar-refractivity contribution in [2.75, 3.05) is 33.3 Å². The molecule has 8 nitrogen and oxygen atoms in total. The van der Waals surface area contributed by atoms with E-state index in [1.807, 2.05) is 16.6 Å². The van der Waals surface area contributed by atoms with Crippen molar-refractivity contribution in [3.8, 4) is 0 Å². The molecular formula is C19H34N6O2. The number of ether oxygens (including phenoxy) is 1. The minimum atomic E-state index is 0.170. The number of tetrazole rings is 1. The number of aromatic nitrogens is 4.